The van der Waals surface area contributed by atoms with Gasteiger partial charge < -0.3 is 4.42 Å². The summed E-state index contributed by atoms with van der Waals surface area (Å²) in [6, 6.07) is 61.6. The van der Waals surface area contributed by atoms with Crippen molar-refractivity contribution in [3.05, 3.63) is 170 Å². The lowest BCUT2D eigenvalue weighted by Crippen LogP contribution is -1.91. The van der Waals surface area contributed by atoms with Gasteiger partial charge in [0.05, 0.1) is 0 Å². The van der Waals surface area contributed by atoms with Crippen molar-refractivity contribution in [2.75, 3.05) is 0 Å². The molecule has 0 radical (unpaired) electrons. The van der Waals surface area contributed by atoms with Gasteiger partial charge in [-0.3, -0.25) is 0 Å². The highest BCUT2D eigenvalue weighted by atomic mass is 16.3. The van der Waals surface area contributed by atoms with Gasteiger partial charge in [0.15, 0.2) is 0 Å². The highest BCUT2D eigenvalue weighted by Crippen LogP contribution is 2.45. The summed E-state index contributed by atoms with van der Waals surface area (Å²) in [5, 5.41) is 12.2. The van der Waals surface area contributed by atoms with Crippen LogP contribution in [0.3, 0.4) is 0 Å². The van der Waals surface area contributed by atoms with Crippen molar-refractivity contribution in [3.8, 4) is 33.4 Å². The Morgan fingerprint density at radius 3 is 1.49 bits per heavy atom. The molecule has 0 amide bonds. The Labute approximate surface area is 271 Å². The van der Waals surface area contributed by atoms with Crippen LogP contribution in [0, 0.1) is 0 Å². The van der Waals surface area contributed by atoms with Crippen LogP contribution in [-0.2, 0) is 0 Å². The molecule has 0 unspecified atom stereocenters. The van der Waals surface area contributed by atoms with Gasteiger partial charge in [-0.1, -0.05) is 140 Å². The molecule has 0 saturated heterocycles. The Morgan fingerprint density at radius 1 is 0.277 bits per heavy atom. The summed E-state index contributed by atoms with van der Waals surface area (Å²) in [6.45, 7) is 0. The Morgan fingerprint density at radius 2 is 0.787 bits per heavy atom. The van der Waals surface area contributed by atoms with E-state index < -0.39 is 0 Å². The molecular formula is C46H28O. The van der Waals surface area contributed by atoms with Crippen LogP contribution in [-0.4, -0.2) is 0 Å². The number of hydrogen-bond donors (Lipinski definition) is 0. The summed E-state index contributed by atoms with van der Waals surface area (Å²) in [6.07, 6.45) is 0. The van der Waals surface area contributed by atoms with Crippen molar-refractivity contribution in [2.24, 2.45) is 0 Å². The minimum atomic E-state index is 0.910. The van der Waals surface area contributed by atoms with E-state index >= 15 is 0 Å². The van der Waals surface area contributed by atoms with Crippen LogP contribution >= 0.6 is 0 Å². The summed E-state index contributed by atoms with van der Waals surface area (Å²) in [7, 11) is 0. The highest BCUT2D eigenvalue weighted by molar-refractivity contribution is 6.22. The fraction of sp³-hybridized carbons (Fsp3) is 0. The Balaban J connectivity index is 1.21. The third-order valence-corrected chi connectivity index (χ3v) is 9.81. The van der Waals surface area contributed by atoms with Gasteiger partial charge in [-0.05, 0) is 107 Å². The number of benzene rings is 9. The van der Waals surface area contributed by atoms with Gasteiger partial charge >= 0.3 is 0 Å². The van der Waals surface area contributed by atoms with Crippen LogP contribution in [0.4, 0.5) is 0 Å². The minimum absolute atomic E-state index is 0.910. The minimum Gasteiger partial charge on any atom is -0.456 e. The molecule has 10 aromatic rings. The molecule has 9 aromatic carbocycles. The topological polar surface area (TPSA) is 13.1 Å². The quantitative estimate of drug-likeness (QED) is 0.185. The average Bonchev–Trinajstić information content (AvgIpc) is 3.49. The smallest absolute Gasteiger partial charge is 0.136 e. The van der Waals surface area contributed by atoms with Crippen LogP contribution in [0.5, 0.6) is 0 Å². The van der Waals surface area contributed by atoms with Gasteiger partial charge in [0.1, 0.15) is 11.2 Å². The standard InChI is InChI=1S/C46H28O/c1-2-13-31-27-44-42(26-30(31)12-1)37-24-23-34(28-43(37)47-44)46-40-20-7-5-18-38(40)45(39-19-6-8-21-41(39)46)33-16-9-15-32(25-33)36-22-10-14-29-11-3-4-17-35(29)36/h1-28H. The van der Waals surface area contributed by atoms with Crippen molar-refractivity contribution in [1.82, 2.24) is 0 Å². The van der Waals surface area contributed by atoms with E-state index in [4.69, 9.17) is 4.42 Å². The predicted octanol–water partition coefficient (Wildman–Crippen LogP) is 13.2. The Kier molecular flexibility index (Phi) is 5.64. The average molecular weight is 597 g/mol. The first-order valence-corrected chi connectivity index (χ1v) is 16.2. The van der Waals surface area contributed by atoms with Crippen LogP contribution in [0.1, 0.15) is 0 Å². The van der Waals surface area contributed by atoms with E-state index in [9.17, 15) is 0 Å². The summed E-state index contributed by atoms with van der Waals surface area (Å²) in [4.78, 5) is 0. The number of furan rings is 1. The maximum atomic E-state index is 6.53. The van der Waals surface area contributed by atoms with Gasteiger partial charge in [0.2, 0.25) is 0 Å². The summed E-state index contributed by atoms with van der Waals surface area (Å²) in [5.74, 6) is 0. The van der Waals surface area contributed by atoms with Gasteiger partial charge in [-0.2, -0.15) is 0 Å². The second kappa shape index (κ2) is 10.2. The first-order chi connectivity index (χ1) is 23.3. The van der Waals surface area contributed by atoms with Crippen LogP contribution in [0.2, 0.25) is 0 Å². The summed E-state index contributed by atoms with van der Waals surface area (Å²) in [5.41, 5.74) is 9.18. The molecule has 10 rings (SSSR count). The van der Waals surface area contributed by atoms with Crippen molar-refractivity contribution in [3.63, 3.8) is 0 Å². The first-order valence-electron chi connectivity index (χ1n) is 16.2. The van der Waals surface area contributed by atoms with Crippen molar-refractivity contribution < 1.29 is 4.42 Å². The molecule has 0 atom stereocenters. The van der Waals surface area contributed by atoms with E-state index in [1.165, 1.54) is 70.9 Å². The highest BCUT2D eigenvalue weighted by Gasteiger charge is 2.18. The molecular weight excluding hydrogens is 569 g/mol. The second-order valence-electron chi connectivity index (χ2n) is 12.5. The van der Waals surface area contributed by atoms with Crippen molar-refractivity contribution in [2.45, 2.75) is 0 Å². The van der Waals surface area contributed by atoms with E-state index in [2.05, 4.69) is 170 Å². The lowest BCUT2D eigenvalue weighted by molar-refractivity contribution is 0.669. The van der Waals surface area contributed by atoms with E-state index in [-0.39, 0.29) is 0 Å². The van der Waals surface area contributed by atoms with Crippen molar-refractivity contribution >= 4 is 65.0 Å². The van der Waals surface area contributed by atoms with Gasteiger partial charge in [-0.25, -0.2) is 0 Å². The lowest BCUT2D eigenvalue weighted by atomic mass is 9.85. The maximum Gasteiger partial charge on any atom is 0.136 e. The monoisotopic (exact) mass is 596 g/mol. The molecule has 0 aliphatic heterocycles. The fourth-order valence-electron chi connectivity index (χ4n) is 7.69. The molecule has 0 bridgehead atoms. The molecule has 1 heterocycles. The zero-order valence-corrected chi connectivity index (χ0v) is 25.6. The Bertz CT molecular complexity index is 2790. The molecule has 218 valence electrons. The molecule has 1 heteroatoms. The van der Waals surface area contributed by atoms with E-state index in [0.717, 1.165) is 27.5 Å². The second-order valence-corrected chi connectivity index (χ2v) is 12.5. The lowest BCUT2D eigenvalue weighted by Gasteiger charge is -2.18. The van der Waals surface area contributed by atoms with E-state index in [1.54, 1.807) is 0 Å². The molecule has 1 aromatic heterocycles. The number of hydrogen-bond acceptors (Lipinski definition) is 1. The third-order valence-electron chi connectivity index (χ3n) is 9.81. The number of fused-ring (bicyclic) bond motifs is 7. The summed E-state index contributed by atoms with van der Waals surface area (Å²) >= 11 is 0. The zero-order valence-electron chi connectivity index (χ0n) is 25.6. The molecule has 0 aliphatic carbocycles. The van der Waals surface area contributed by atoms with Crippen LogP contribution < -0.4 is 0 Å². The molecule has 1 nitrogen and oxygen atoms in total. The fourth-order valence-corrected chi connectivity index (χ4v) is 7.69. The molecule has 0 fully saturated rings. The third kappa shape index (κ3) is 4.03. The normalized spacial score (nSPS) is 11.8. The molecule has 0 saturated carbocycles. The zero-order chi connectivity index (χ0) is 30.9. The Hall–Kier alpha value is -6.18. The maximum absolute atomic E-state index is 6.53. The van der Waals surface area contributed by atoms with Gasteiger partial charge in [-0.15, -0.1) is 0 Å². The van der Waals surface area contributed by atoms with Crippen molar-refractivity contribution in [1.29, 1.82) is 0 Å². The number of rotatable bonds is 3. The van der Waals surface area contributed by atoms with Gasteiger partial charge in [0.25, 0.3) is 0 Å². The van der Waals surface area contributed by atoms with Gasteiger partial charge in [0, 0.05) is 10.8 Å². The van der Waals surface area contributed by atoms with E-state index in [1.807, 2.05) is 0 Å². The van der Waals surface area contributed by atoms with E-state index in [0.29, 0.717) is 0 Å². The molecule has 47 heavy (non-hydrogen) atoms. The van der Waals surface area contributed by atoms with Crippen LogP contribution in [0.15, 0.2) is 174 Å². The largest absolute Gasteiger partial charge is 0.456 e. The first kappa shape index (κ1) is 26.1. The molecule has 0 N–H and O–H groups in total. The molecule has 0 aliphatic rings. The molecule has 0 spiro atoms. The summed E-state index contributed by atoms with van der Waals surface area (Å²) < 4.78 is 6.53. The SMILES string of the molecule is c1cc(-c2cccc3ccccc23)cc(-c2c3ccccc3c(-c3ccc4c(c3)oc3cc5ccccc5cc34)c3ccccc23)c1. The predicted molar refractivity (Wildman–Crippen MR) is 200 cm³/mol. The van der Waals surface area contributed by atoms with Crippen LogP contribution in [0.25, 0.3) is 98.4 Å².